The summed E-state index contributed by atoms with van der Waals surface area (Å²) in [6, 6.07) is 0. The minimum atomic E-state index is -1.55. The Hall–Kier alpha value is -2.66. The number of aliphatic hydroxyl groups excluding tert-OH is 4. The number of nitrogens with zero attached hydrogens (tertiary/aromatic N) is 3. The molecular weight excluding hydrogens is 444 g/mol. The highest BCUT2D eigenvalue weighted by molar-refractivity contribution is 5.87. The Kier molecular flexibility index (Phi) is 6.37. The van der Waals surface area contributed by atoms with Crippen LogP contribution in [0.2, 0.25) is 0 Å². The van der Waals surface area contributed by atoms with Gasteiger partial charge in [-0.15, -0.1) is 0 Å². The van der Waals surface area contributed by atoms with E-state index in [4.69, 9.17) is 19.9 Å². The van der Waals surface area contributed by atoms with Crippen molar-refractivity contribution in [3.8, 4) is 0 Å². The van der Waals surface area contributed by atoms with Crippen molar-refractivity contribution in [2.45, 2.75) is 56.3 Å². The number of aliphatic hydroxyl groups is 4. The molecule has 1 amide bonds. The van der Waals surface area contributed by atoms with Crippen LogP contribution in [0.5, 0.6) is 0 Å². The van der Waals surface area contributed by atoms with E-state index >= 15 is 0 Å². The predicted molar refractivity (Wildman–Crippen MR) is 112 cm³/mol. The number of H-pyrrole nitrogens is 1. The maximum Gasteiger partial charge on any atom is 0.404 e. The van der Waals surface area contributed by atoms with Gasteiger partial charge in [-0.2, -0.15) is 14.5 Å². The van der Waals surface area contributed by atoms with Gasteiger partial charge < -0.3 is 45.7 Å². The third-order valence-corrected chi connectivity index (χ3v) is 5.97. The van der Waals surface area contributed by atoms with Crippen molar-refractivity contribution >= 4 is 29.9 Å². The van der Waals surface area contributed by atoms with Crippen LogP contribution < -0.4 is 21.1 Å². The summed E-state index contributed by atoms with van der Waals surface area (Å²) in [6.45, 7) is 1.34. The maximum atomic E-state index is 12.7. The number of carbonyl (C=O) groups excluding carboxylic acids is 1. The number of hydrogen-bond acceptors (Lipinski definition) is 12. The maximum absolute atomic E-state index is 12.7. The fourth-order valence-corrected chi connectivity index (χ4v) is 4.39. The number of fused-ring (bicyclic) bond motifs is 1. The number of amides is 1. The van der Waals surface area contributed by atoms with Gasteiger partial charge in [0.15, 0.2) is 6.10 Å². The molecule has 15 nitrogen and oxygen atoms in total. The van der Waals surface area contributed by atoms with E-state index < -0.39 is 72.3 Å². The third kappa shape index (κ3) is 3.86. The van der Waals surface area contributed by atoms with E-state index in [-0.39, 0.29) is 23.9 Å². The molecule has 0 spiro atoms. The molecule has 3 aliphatic rings. The molecule has 0 aliphatic carbocycles. The number of aromatic amines is 1. The van der Waals surface area contributed by atoms with Crippen LogP contribution >= 0.6 is 0 Å². The van der Waals surface area contributed by atoms with E-state index in [9.17, 15) is 30.0 Å². The number of rotatable bonds is 7. The molecule has 0 bridgehead atoms. The SMILES string of the molecule is CCNc1nc2c(c(=O)[nH]1)N=C[N+]2([C@@H]1O[C@H](COC(N)=O)[C@@H](O)[C@H]1O)[C@H]1C[C@H](O)[C@@H](CO)O1. The number of nitrogens with two attached hydrogens (primary N) is 1. The number of hydrogen-bond donors (Lipinski definition) is 7. The summed E-state index contributed by atoms with van der Waals surface area (Å²) in [7, 11) is 0. The summed E-state index contributed by atoms with van der Waals surface area (Å²) in [4.78, 5) is 34.9. The monoisotopic (exact) mass is 471 g/mol. The van der Waals surface area contributed by atoms with Crippen molar-refractivity contribution in [1.82, 2.24) is 14.5 Å². The number of nitrogens with one attached hydrogen (secondary N) is 2. The lowest BCUT2D eigenvalue weighted by Gasteiger charge is -2.39. The molecule has 2 fully saturated rings. The Labute approximate surface area is 187 Å². The van der Waals surface area contributed by atoms with Gasteiger partial charge in [-0.25, -0.2) is 4.79 Å². The minimum absolute atomic E-state index is 0.0210. The number of aromatic nitrogens is 2. The van der Waals surface area contributed by atoms with Gasteiger partial charge in [0.25, 0.3) is 11.4 Å². The normalized spacial score (nSPS) is 37.3. The predicted octanol–water partition coefficient (Wildman–Crippen LogP) is -2.81. The van der Waals surface area contributed by atoms with Crippen LogP contribution in [0, 0.1) is 0 Å². The van der Waals surface area contributed by atoms with E-state index in [0.717, 1.165) is 0 Å². The van der Waals surface area contributed by atoms with Crippen molar-refractivity contribution in [2.24, 2.45) is 10.7 Å². The smallest absolute Gasteiger partial charge is 0.404 e. The molecule has 4 heterocycles. The highest BCUT2D eigenvalue weighted by atomic mass is 16.6. The molecule has 8 atom stereocenters. The first-order valence-electron chi connectivity index (χ1n) is 10.4. The quantitative estimate of drug-likeness (QED) is 0.201. The largest absolute Gasteiger partial charge is 0.447 e. The highest BCUT2D eigenvalue weighted by Crippen LogP contribution is 2.45. The van der Waals surface area contributed by atoms with Crippen molar-refractivity contribution in [3.05, 3.63) is 10.4 Å². The molecule has 0 saturated carbocycles. The Bertz CT molecular complexity index is 989. The van der Waals surface area contributed by atoms with Crippen LogP contribution in [0.4, 0.5) is 22.2 Å². The molecule has 4 rings (SSSR count). The van der Waals surface area contributed by atoms with Gasteiger partial charge in [0.2, 0.25) is 30.4 Å². The molecule has 33 heavy (non-hydrogen) atoms. The molecule has 182 valence electrons. The number of anilines is 1. The number of primary amides is 1. The Balaban J connectivity index is 1.80. The Morgan fingerprint density at radius 3 is 2.73 bits per heavy atom. The molecule has 1 aromatic heterocycles. The fraction of sp³-hybridized carbons (Fsp3) is 0.667. The summed E-state index contributed by atoms with van der Waals surface area (Å²) in [6.07, 6.45) is -8.31. The second kappa shape index (κ2) is 8.94. The van der Waals surface area contributed by atoms with Gasteiger partial charge in [-0.05, 0) is 6.92 Å². The summed E-state index contributed by atoms with van der Waals surface area (Å²) >= 11 is 0. The highest BCUT2D eigenvalue weighted by Gasteiger charge is 2.64. The van der Waals surface area contributed by atoms with Gasteiger partial charge in [0.1, 0.15) is 24.9 Å². The van der Waals surface area contributed by atoms with E-state index in [2.05, 4.69) is 20.3 Å². The first-order valence-corrected chi connectivity index (χ1v) is 10.4. The van der Waals surface area contributed by atoms with Gasteiger partial charge in [0, 0.05) is 6.54 Å². The fourth-order valence-electron chi connectivity index (χ4n) is 4.39. The van der Waals surface area contributed by atoms with E-state index in [1.165, 1.54) is 6.34 Å². The van der Waals surface area contributed by atoms with Crippen LogP contribution in [-0.2, 0) is 14.2 Å². The standard InChI is InChI=1S/C18H26N6O9/c1-2-20-18-22-14-11(15(29)23-18)21-6-24(14,10-3-7(26)8(4-25)32-10)16-13(28)12(27)9(33-16)5-31-17(19)30/h6-10,12-13,16,25-28H,2-5H2,1H3,(H3-,19,20,22,23,29,30)/p+1/t7-,8+,9+,10+,12+,13+,16+,24?/m0/s1. The van der Waals surface area contributed by atoms with Gasteiger partial charge in [-0.1, -0.05) is 0 Å². The summed E-state index contributed by atoms with van der Waals surface area (Å²) < 4.78 is 15.9. The van der Waals surface area contributed by atoms with Gasteiger partial charge >= 0.3 is 6.09 Å². The lowest BCUT2D eigenvalue weighted by Crippen LogP contribution is -2.65. The summed E-state index contributed by atoms with van der Waals surface area (Å²) in [5, 5.41) is 44.3. The lowest BCUT2D eigenvalue weighted by atomic mass is 10.1. The molecule has 15 heteroatoms. The first-order chi connectivity index (χ1) is 15.7. The van der Waals surface area contributed by atoms with E-state index in [1.54, 1.807) is 6.92 Å². The lowest BCUT2D eigenvalue weighted by molar-refractivity contribution is -0.133. The average Bonchev–Trinajstić information content (AvgIpc) is 3.42. The summed E-state index contributed by atoms with van der Waals surface area (Å²) in [5.74, 6) is 0.186. The molecule has 1 unspecified atom stereocenters. The first kappa shape index (κ1) is 23.5. The zero-order valence-corrected chi connectivity index (χ0v) is 17.7. The number of carbonyl (C=O) groups is 1. The zero-order valence-electron chi connectivity index (χ0n) is 17.7. The van der Waals surface area contributed by atoms with Crippen molar-refractivity contribution in [2.75, 3.05) is 25.1 Å². The number of quaternary nitrogens is 1. The van der Waals surface area contributed by atoms with Crippen molar-refractivity contribution in [1.29, 1.82) is 0 Å². The second-order valence-electron chi connectivity index (χ2n) is 7.99. The molecule has 1 aromatic rings. The number of ether oxygens (including phenoxy) is 3. The van der Waals surface area contributed by atoms with Crippen LogP contribution in [0.1, 0.15) is 13.3 Å². The van der Waals surface area contributed by atoms with Crippen LogP contribution in [-0.4, -0.2) is 106 Å². The molecule has 3 aliphatic heterocycles. The number of aliphatic imine (C=N–C) groups is 1. The summed E-state index contributed by atoms with van der Waals surface area (Å²) in [5.41, 5.74) is 4.36. The average molecular weight is 471 g/mol. The zero-order chi connectivity index (χ0) is 23.9. The second-order valence-corrected chi connectivity index (χ2v) is 7.99. The van der Waals surface area contributed by atoms with Crippen molar-refractivity contribution in [3.63, 3.8) is 0 Å². The molecule has 0 aromatic carbocycles. The van der Waals surface area contributed by atoms with Crippen LogP contribution in [0.25, 0.3) is 0 Å². The molecular formula is C18H27N6O9+. The van der Waals surface area contributed by atoms with E-state index in [1.807, 2.05) is 0 Å². The minimum Gasteiger partial charge on any atom is -0.447 e. The van der Waals surface area contributed by atoms with Gasteiger partial charge in [0.05, 0.1) is 19.1 Å². The topological polar surface area (TPSA) is 222 Å². The molecule has 2 saturated heterocycles. The van der Waals surface area contributed by atoms with Gasteiger partial charge in [-0.3, -0.25) is 9.78 Å². The van der Waals surface area contributed by atoms with Crippen LogP contribution in [0.3, 0.4) is 0 Å². The Morgan fingerprint density at radius 2 is 2.09 bits per heavy atom. The van der Waals surface area contributed by atoms with Crippen molar-refractivity contribution < 1.29 is 39.4 Å². The van der Waals surface area contributed by atoms with E-state index in [0.29, 0.717) is 6.54 Å². The van der Waals surface area contributed by atoms with Crippen LogP contribution in [0.15, 0.2) is 9.79 Å². The third-order valence-electron chi connectivity index (χ3n) is 5.97. The molecule has 0 radical (unpaired) electrons. The Morgan fingerprint density at radius 1 is 1.33 bits per heavy atom. The molecule has 8 N–H and O–H groups in total.